The molecule has 0 radical (unpaired) electrons. The van der Waals surface area contributed by atoms with E-state index in [4.69, 9.17) is 0 Å². The molecule has 0 aromatic heterocycles. The number of hydrogen-bond acceptors (Lipinski definition) is 1. The van der Waals surface area contributed by atoms with Gasteiger partial charge in [0.05, 0.1) is 11.8 Å². The number of alkyl halides is 6. The zero-order valence-electron chi connectivity index (χ0n) is 4.08. The maximum absolute atomic E-state index is 10.8. The smallest absolute Gasteiger partial charge is 0.160 e. The van der Waals surface area contributed by atoms with Crippen LogP contribution in [0.15, 0.2) is 0 Å². The SMILES string of the molecule is FC(F)(F)SC(F)(F)F.I. The van der Waals surface area contributed by atoms with E-state index in [-0.39, 0.29) is 24.0 Å². The van der Waals surface area contributed by atoms with Gasteiger partial charge in [-0.1, -0.05) is 0 Å². The van der Waals surface area contributed by atoms with Crippen LogP contribution in [0, 0.1) is 0 Å². The van der Waals surface area contributed by atoms with Gasteiger partial charge in [0, 0.05) is 0 Å². The highest BCUT2D eigenvalue weighted by molar-refractivity contribution is 14.0. The van der Waals surface area contributed by atoms with E-state index in [0.29, 0.717) is 0 Å². The Hall–Kier alpha value is 0.660. The Morgan fingerprint density at radius 1 is 0.700 bits per heavy atom. The molecule has 64 valence electrons. The van der Waals surface area contributed by atoms with E-state index in [1.54, 1.807) is 0 Å². The van der Waals surface area contributed by atoms with Gasteiger partial charge in [-0.2, -0.15) is 26.3 Å². The van der Waals surface area contributed by atoms with Crippen LogP contribution in [0.25, 0.3) is 0 Å². The summed E-state index contributed by atoms with van der Waals surface area (Å²) in [5.41, 5.74) is -10.4. The predicted octanol–water partition coefficient (Wildman–Crippen LogP) is 3.38. The van der Waals surface area contributed by atoms with Gasteiger partial charge in [0.15, 0.2) is 0 Å². The zero-order chi connectivity index (χ0) is 7.71. The zero-order valence-corrected chi connectivity index (χ0v) is 7.23. The highest BCUT2D eigenvalue weighted by Crippen LogP contribution is 2.43. The molecule has 0 bridgehead atoms. The molecule has 0 aliphatic carbocycles. The molecule has 0 nitrogen and oxygen atoms in total. The van der Waals surface area contributed by atoms with Crippen LogP contribution < -0.4 is 0 Å². The molecular formula is C2HF6IS. The lowest BCUT2D eigenvalue weighted by Gasteiger charge is -2.06. The summed E-state index contributed by atoms with van der Waals surface area (Å²) in [4.78, 5) is 0. The van der Waals surface area contributed by atoms with E-state index in [1.165, 1.54) is 0 Å². The number of thioether (sulfide) groups is 1. The third-order valence-corrected chi connectivity index (χ3v) is 0.694. The lowest BCUT2D eigenvalue weighted by molar-refractivity contribution is -0.0696. The van der Waals surface area contributed by atoms with E-state index >= 15 is 0 Å². The Morgan fingerprint density at radius 3 is 0.900 bits per heavy atom. The first-order chi connectivity index (χ1) is 3.71. The third-order valence-electron chi connectivity index (χ3n) is 0.231. The van der Waals surface area contributed by atoms with Crippen molar-refractivity contribution in [2.75, 3.05) is 0 Å². The fourth-order valence-electron chi connectivity index (χ4n) is 0.131. The van der Waals surface area contributed by atoms with Crippen LogP contribution in [-0.4, -0.2) is 11.0 Å². The lowest BCUT2D eigenvalue weighted by atomic mass is 11.5. The molecule has 0 amide bonds. The molecule has 0 N–H and O–H groups in total. The molecule has 0 rings (SSSR count). The Morgan fingerprint density at radius 2 is 0.900 bits per heavy atom. The minimum Gasteiger partial charge on any atom is -0.160 e. The standard InChI is InChI=1S/C2F6S.HI/c3-1(4,5)9-2(6,7)8;/h;1H. The van der Waals surface area contributed by atoms with Crippen LogP contribution in [0.2, 0.25) is 0 Å². The van der Waals surface area contributed by atoms with Crippen LogP contribution >= 0.6 is 35.7 Å². The summed E-state index contributed by atoms with van der Waals surface area (Å²) >= 11 is -1.99. The first kappa shape index (κ1) is 13.3. The molecular weight excluding hydrogens is 297 g/mol. The summed E-state index contributed by atoms with van der Waals surface area (Å²) in [7, 11) is 0. The molecule has 0 saturated carbocycles. The highest BCUT2D eigenvalue weighted by Gasteiger charge is 2.45. The fourth-order valence-corrected chi connectivity index (χ4v) is 0.394. The second kappa shape index (κ2) is 3.88. The van der Waals surface area contributed by atoms with Gasteiger partial charge >= 0.3 is 11.0 Å². The first-order valence-electron chi connectivity index (χ1n) is 1.54. The summed E-state index contributed by atoms with van der Waals surface area (Å²) < 4.78 is 64.8. The second-order valence-electron chi connectivity index (χ2n) is 0.994. The normalized spacial score (nSPS) is 12.6. The maximum Gasteiger partial charge on any atom is 0.450 e. The molecule has 8 heteroatoms. The fraction of sp³-hybridized carbons (Fsp3) is 1.00. The molecule has 0 aromatic rings. The quantitative estimate of drug-likeness (QED) is 0.488. The maximum atomic E-state index is 10.8. The van der Waals surface area contributed by atoms with Crippen LogP contribution in [0.1, 0.15) is 0 Å². The summed E-state index contributed by atoms with van der Waals surface area (Å²) in [5.74, 6) is 0. The van der Waals surface area contributed by atoms with Crippen LogP contribution in [0.5, 0.6) is 0 Å². The van der Waals surface area contributed by atoms with Gasteiger partial charge < -0.3 is 0 Å². The average molecular weight is 298 g/mol. The molecule has 0 heterocycles. The van der Waals surface area contributed by atoms with Gasteiger partial charge in [-0.3, -0.25) is 0 Å². The molecule has 0 spiro atoms. The van der Waals surface area contributed by atoms with E-state index in [2.05, 4.69) is 0 Å². The average Bonchev–Trinajstić information content (AvgIpc) is 1.14. The van der Waals surface area contributed by atoms with Crippen LogP contribution in [-0.2, 0) is 0 Å². The van der Waals surface area contributed by atoms with Crippen molar-refractivity contribution < 1.29 is 26.3 Å². The molecule has 0 aliphatic rings. The monoisotopic (exact) mass is 298 g/mol. The molecule has 0 saturated heterocycles. The van der Waals surface area contributed by atoms with Crippen molar-refractivity contribution in [1.82, 2.24) is 0 Å². The second-order valence-corrected chi connectivity index (χ2v) is 2.12. The van der Waals surface area contributed by atoms with Crippen molar-refractivity contribution >= 4 is 35.7 Å². The molecule has 0 fully saturated rings. The van der Waals surface area contributed by atoms with Gasteiger partial charge in [-0.15, -0.1) is 24.0 Å². The Balaban J connectivity index is 0. The first-order valence-corrected chi connectivity index (χ1v) is 2.36. The minimum atomic E-state index is -5.22. The Bertz CT molecular complexity index is 80.9. The van der Waals surface area contributed by atoms with Gasteiger partial charge in [-0.05, 0) is 0 Å². The molecule has 0 aliphatic heterocycles. The van der Waals surface area contributed by atoms with E-state index in [1.807, 2.05) is 0 Å². The summed E-state index contributed by atoms with van der Waals surface area (Å²) in [6.07, 6.45) is 0. The summed E-state index contributed by atoms with van der Waals surface area (Å²) in [6, 6.07) is 0. The van der Waals surface area contributed by atoms with Crippen molar-refractivity contribution in [2.45, 2.75) is 11.0 Å². The topological polar surface area (TPSA) is 0 Å². The van der Waals surface area contributed by atoms with Gasteiger partial charge in [0.2, 0.25) is 0 Å². The van der Waals surface area contributed by atoms with Crippen molar-refractivity contribution in [2.24, 2.45) is 0 Å². The largest absolute Gasteiger partial charge is 0.450 e. The number of hydrogen-bond donors (Lipinski definition) is 0. The van der Waals surface area contributed by atoms with Crippen molar-refractivity contribution in [3.8, 4) is 0 Å². The van der Waals surface area contributed by atoms with Crippen LogP contribution in [0.3, 0.4) is 0 Å². The number of rotatable bonds is 0. The lowest BCUT2D eigenvalue weighted by Crippen LogP contribution is -2.11. The van der Waals surface area contributed by atoms with E-state index in [0.717, 1.165) is 0 Å². The van der Waals surface area contributed by atoms with Crippen LogP contribution in [0.4, 0.5) is 26.3 Å². The van der Waals surface area contributed by atoms with Gasteiger partial charge in [0.25, 0.3) is 0 Å². The summed E-state index contributed by atoms with van der Waals surface area (Å²) in [6.45, 7) is 0. The number of halogens is 7. The van der Waals surface area contributed by atoms with Crippen molar-refractivity contribution in [1.29, 1.82) is 0 Å². The molecule has 0 aromatic carbocycles. The highest BCUT2D eigenvalue weighted by atomic mass is 127. The Labute approximate surface area is 73.4 Å². The third kappa shape index (κ3) is 11.5. The Kier molecular flexibility index (Phi) is 5.15. The summed E-state index contributed by atoms with van der Waals surface area (Å²) in [5, 5.41) is 0. The minimum absolute atomic E-state index is 0. The molecule has 0 unspecified atom stereocenters. The van der Waals surface area contributed by atoms with Crippen molar-refractivity contribution in [3.63, 3.8) is 0 Å². The molecule has 0 atom stereocenters. The molecule has 10 heavy (non-hydrogen) atoms. The van der Waals surface area contributed by atoms with Gasteiger partial charge in [-0.25, -0.2) is 0 Å². The van der Waals surface area contributed by atoms with Crippen molar-refractivity contribution in [3.05, 3.63) is 0 Å². The predicted molar refractivity (Wildman–Crippen MR) is 35.1 cm³/mol. The van der Waals surface area contributed by atoms with E-state index in [9.17, 15) is 26.3 Å². The van der Waals surface area contributed by atoms with Gasteiger partial charge in [0.1, 0.15) is 0 Å². The van der Waals surface area contributed by atoms with E-state index < -0.39 is 22.8 Å².